The van der Waals surface area contributed by atoms with Crippen LogP contribution in [0.25, 0.3) is 22.0 Å². The Hall–Kier alpha value is -4.17. The number of benzene rings is 3. The summed E-state index contributed by atoms with van der Waals surface area (Å²) in [7, 11) is 1.74. The Morgan fingerprint density at radius 3 is 2.47 bits per heavy atom. The largest absolute Gasteiger partial charge is 0.376 e. The van der Waals surface area contributed by atoms with E-state index < -0.39 is 5.60 Å². The van der Waals surface area contributed by atoms with Crippen molar-refractivity contribution in [3.63, 3.8) is 0 Å². The van der Waals surface area contributed by atoms with Crippen LogP contribution in [0, 0.1) is 19.3 Å². The van der Waals surface area contributed by atoms with Gasteiger partial charge in [0.15, 0.2) is 0 Å². The summed E-state index contributed by atoms with van der Waals surface area (Å²) < 4.78 is 1.60. The van der Waals surface area contributed by atoms with Crippen LogP contribution in [-0.4, -0.2) is 14.7 Å². The first-order valence-corrected chi connectivity index (χ1v) is 11.8. The molecule has 36 heavy (non-hydrogen) atoms. The molecule has 0 aliphatic carbocycles. The molecule has 0 bridgehead atoms. The van der Waals surface area contributed by atoms with E-state index in [1.165, 1.54) is 0 Å². The molecule has 2 aromatic heterocycles. The lowest BCUT2D eigenvalue weighted by molar-refractivity contribution is 0.125. The van der Waals surface area contributed by atoms with Gasteiger partial charge in [0.05, 0.1) is 5.52 Å². The second-order valence-corrected chi connectivity index (χ2v) is 9.26. The Balaban J connectivity index is 1.85. The van der Waals surface area contributed by atoms with Gasteiger partial charge in [0.25, 0.3) is 5.56 Å². The number of hydrogen-bond acceptors (Lipinski definition) is 3. The van der Waals surface area contributed by atoms with Crippen LogP contribution in [0.5, 0.6) is 0 Å². The van der Waals surface area contributed by atoms with Crippen molar-refractivity contribution in [3.05, 3.63) is 134 Å². The standard InChI is InChI=1S/C31H23ClN2O2/c1-4-21-6-5-7-22(16-21)26-18-30(35)34(3)29-13-10-24(17-27(26)29)31(36,23-8-11-25(32)12-9-23)28-19-33-15-14-20(28)2/h1,5-19,36H,2-3H3/t31-/m1/s1. The van der Waals surface area contributed by atoms with Gasteiger partial charge in [-0.1, -0.05) is 47.9 Å². The van der Waals surface area contributed by atoms with E-state index in [-0.39, 0.29) is 5.56 Å². The van der Waals surface area contributed by atoms with E-state index in [2.05, 4.69) is 10.9 Å². The van der Waals surface area contributed by atoms with Crippen molar-refractivity contribution in [1.29, 1.82) is 0 Å². The molecular weight excluding hydrogens is 468 g/mol. The van der Waals surface area contributed by atoms with Crippen LogP contribution in [-0.2, 0) is 12.6 Å². The van der Waals surface area contributed by atoms with Crippen LogP contribution in [0.15, 0.2) is 96.1 Å². The van der Waals surface area contributed by atoms with Gasteiger partial charge < -0.3 is 9.67 Å². The lowest BCUT2D eigenvalue weighted by atomic mass is 9.78. The average molecular weight is 491 g/mol. The molecule has 2 heterocycles. The van der Waals surface area contributed by atoms with E-state index in [4.69, 9.17) is 18.0 Å². The fraction of sp³-hybridized carbons (Fsp3) is 0.0968. The number of aliphatic hydroxyl groups is 1. The molecule has 0 unspecified atom stereocenters. The van der Waals surface area contributed by atoms with Crippen LogP contribution in [0.2, 0.25) is 5.02 Å². The third-order valence-corrected chi connectivity index (χ3v) is 6.95. The summed E-state index contributed by atoms with van der Waals surface area (Å²) in [5.74, 6) is 2.66. The van der Waals surface area contributed by atoms with E-state index >= 15 is 0 Å². The molecular formula is C31H23ClN2O2. The van der Waals surface area contributed by atoms with E-state index in [0.717, 1.165) is 33.2 Å². The predicted octanol–water partition coefficient (Wildman–Crippen LogP) is 5.83. The molecule has 5 rings (SSSR count). The molecule has 0 aliphatic heterocycles. The molecule has 0 radical (unpaired) electrons. The molecule has 0 saturated carbocycles. The van der Waals surface area contributed by atoms with Gasteiger partial charge in [-0.2, -0.15) is 0 Å². The smallest absolute Gasteiger partial charge is 0.251 e. The number of terminal acetylenes is 1. The highest BCUT2D eigenvalue weighted by atomic mass is 35.5. The zero-order valence-electron chi connectivity index (χ0n) is 19.9. The number of halogens is 1. The quantitative estimate of drug-likeness (QED) is 0.322. The van der Waals surface area contributed by atoms with Crippen molar-refractivity contribution in [2.75, 3.05) is 0 Å². The number of rotatable bonds is 4. The highest BCUT2D eigenvalue weighted by molar-refractivity contribution is 6.30. The minimum atomic E-state index is -1.51. The molecule has 0 amide bonds. The van der Waals surface area contributed by atoms with Gasteiger partial charge in [0, 0.05) is 47.0 Å². The molecule has 1 atom stereocenters. The zero-order valence-corrected chi connectivity index (χ0v) is 20.6. The lowest BCUT2D eigenvalue weighted by Crippen LogP contribution is -2.30. The fourth-order valence-corrected chi connectivity index (χ4v) is 4.84. The fourth-order valence-electron chi connectivity index (χ4n) is 4.71. The summed E-state index contributed by atoms with van der Waals surface area (Å²) in [6.07, 6.45) is 9.02. The first kappa shape index (κ1) is 23.6. The highest BCUT2D eigenvalue weighted by Crippen LogP contribution is 2.40. The molecule has 3 aromatic carbocycles. The molecule has 4 nitrogen and oxygen atoms in total. The van der Waals surface area contributed by atoms with Gasteiger partial charge in [-0.15, -0.1) is 6.42 Å². The van der Waals surface area contributed by atoms with Crippen LogP contribution in [0.3, 0.4) is 0 Å². The Morgan fingerprint density at radius 1 is 1.00 bits per heavy atom. The Morgan fingerprint density at radius 2 is 1.75 bits per heavy atom. The van der Waals surface area contributed by atoms with Crippen molar-refractivity contribution in [2.24, 2.45) is 7.05 Å². The number of pyridine rings is 2. The maximum absolute atomic E-state index is 12.8. The SMILES string of the molecule is C#Cc1cccc(-c2cc(=O)n(C)c3ccc([C@](O)(c4ccc(Cl)cc4)c4cnccc4C)cc23)c1. The third-order valence-electron chi connectivity index (χ3n) is 6.70. The maximum Gasteiger partial charge on any atom is 0.251 e. The van der Waals surface area contributed by atoms with Gasteiger partial charge in [-0.05, 0) is 77.2 Å². The molecule has 176 valence electrons. The Labute approximate surface area is 214 Å². The van der Waals surface area contributed by atoms with Gasteiger partial charge in [-0.3, -0.25) is 9.78 Å². The summed E-state index contributed by atoms with van der Waals surface area (Å²) in [6.45, 7) is 1.94. The van der Waals surface area contributed by atoms with Gasteiger partial charge in [0.1, 0.15) is 5.60 Å². The number of hydrogen-bond donors (Lipinski definition) is 1. The van der Waals surface area contributed by atoms with Crippen molar-refractivity contribution < 1.29 is 5.11 Å². The van der Waals surface area contributed by atoms with Crippen molar-refractivity contribution in [3.8, 4) is 23.5 Å². The normalized spacial score (nSPS) is 12.8. The van der Waals surface area contributed by atoms with E-state index in [9.17, 15) is 9.90 Å². The monoisotopic (exact) mass is 490 g/mol. The summed E-state index contributed by atoms with van der Waals surface area (Å²) >= 11 is 6.17. The molecule has 5 aromatic rings. The number of nitrogens with zero attached hydrogens (tertiary/aromatic N) is 2. The molecule has 0 aliphatic rings. The minimum Gasteiger partial charge on any atom is -0.376 e. The van der Waals surface area contributed by atoms with Crippen molar-refractivity contribution in [2.45, 2.75) is 12.5 Å². The van der Waals surface area contributed by atoms with Crippen molar-refractivity contribution in [1.82, 2.24) is 9.55 Å². The van der Waals surface area contributed by atoms with Gasteiger partial charge >= 0.3 is 0 Å². The zero-order chi connectivity index (χ0) is 25.4. The van der Waals surface area contributed by atoms with E-state index in [1.807, 2.05) is 67.6 Å². The first-order chi connectivity index (χ1) is 17.3. The third kappa shape index (κ3) is 3.89. The molecule has 1 N–H and O–H groups in total. The topological polar surface area (TPSA) is 55.1 Å². The Bertz CT molecular complexity index is 1710. The first-order valence-electron chi connectivity index (χ1n) is 11.4. The van der Waals surface area contributed by atoms with Gasteiger partial charge in [-0.25, -0.2) is 0 Å². The second kappa shape index (κ2) is 9.13. The second-order valence-electron chi connectivity index (χ2n) is 8.82. The Kier molecular flexibility index (Phi) is 5.97. The van der Waals surface area contributed by atoms with Crippen LogP contribution in [0.4, 0.5) is 0 Å². The molecule has 0 spiro atoms. The highest BCUT2D eigenvalue weighted by Gasteiger charge is 2.36. The maximum atomic E-state index is 12.8. The lowest BCUT2D eigenvalue weighted by Gasteiger charge is -2.31. The summed E-state index contributed by atoms with van der Waals surface area (Å²) in [6, 6.07) is 23.8. The van der Waals surface area contributed by atoms with Gasteiger partial charge in [0.2, 0.25) is 0 Å². The predicted molar refractivity (Wildman–Crippen MR) is 145 cm³/mol. The molecule has 0 fully saturated rings. The van der Waals surface area contributed by atoms with Crippen LogP contribution < -0.4 is 5.56 Å². The number of aromatic nitrogens is 2. The van der Waals surface area contributed by atoms with Crippen molar-refractivity contribution >= 4 is 22.5 Å². The number of fused-ring (bicyclic) bond motifs is 1. The minimum absolute atomic E-state index is 0.132. The number of aryl methyl sites for hydroxylation is 2. The van der Waals surface area contributed by atoms with Crippen LogP contribution >= 0.6 is 11.6 Å². The summed E-state index contributed by atoms with van der Waals surface area (Å²) in [5.41, 5.74) is 4.25. The van der Waals surface area contributed by atoms with Crippen LogP contribution in [0.1, 0.15) is 27.8 Å². The molecule has 0 saturated heterocycles. The van der Waals surface area contributed by atoms with E-state index in [1.54, 1.807) is 42.2 Å². The summed E-state index contributed by atoms with van der Waals surface area (Å²) in [5, 5.41) is 13.8. The summed E-state index contributed by atoms with van der Waals surface area (Å²) in [4.78, 5) is 17.1. The molecule has 5 heteroatoms. The van der Waals surface area contributed by atoms with E-state index in [0.29, 0.717) is 21.7 Å². The average Bonchev–Trinajstić information content (AvgIpc) is 2.90.